The Balaban J connectivity index is 0. The van der Waals surface area contributed by atoms with Crippen LogP contribution in [0.5, 0.6) is 0 Å². The Kier molecular flexibility index (Phi) is 14.4. The monoisotopic (exact) mass is 214 g/mol. The SMILES string of the molecule is CO.COCCO.Cc1ccc(C)cc1. The number of aliphatic hydroxyl groups is 2. The molecule has 15 heavy (non-hydrogen) atoms. The number of benzene rings is 1. The molecule has 1 rings (SSSR count). The number of aliphatic hydroxyl groups excluding tert-OH is 2. The molecule has 0 unspecified atom stereocenters. The van der Waals surface area contributed by atoms with Crippen molar-refractivity contribution in [3.63, 3.8) is 0 Å². The van der Waals surface area contributed by atoms with Gasteiger partial charge in [-0.3, -0.25) is 0 Å². The summed E-state index contributed by atoms with van der Waals surface area (Å²) in [7, 11) is 2.55. The third-order valence-electron chi connectivity index (χ3n) is 1.51. The molecule has 1 aromatic carbocycles. The minimum Gasteiger partial charge on any atom is -0.400 e. The van der Waals surface area contributed by atoms with Gasteiger partial charge in [-0.05, 0) is 13.8 Å². The summed E-state index contributed by atoms with van der Waals surface area (Å²) in [4.78, 5) is 0. The van der Waals surface area contributed by atoms with Crippen LogP contribution in [0.4, 0.5) is 0 Å². The van der Waals surface area contributed by atoms with Gasteiger partial charge in [0.25, 0.3) is 0 Å². The minimum atomic E-state index is 0.122. The van der Waals surface area contributed by atoms with Gasteiger partial charge < -0.3 is 14.9 Å². The van der Waals surface area contributed by atoms with E-state index in [-0.39, 0.29) is 6.61 Å². The van der Waals surface area contributed by atoms with Crippen LogP contribution in [-0.2, 0) is 4.74 Å². The van der Waals surface area contributed by atoms with Crippen LogP contribution in [0.1, 0.15) is 11.1 Å². The molecular weight excluding hydrogens is 192 g/mol. The van der Waals surface area contributed by atoms with Crippen LogP contribution in [0.15, 0.2) is 24.3 Å². The van der Waals surface area contributed by atoms with E-state index in [4.69, 9.17) is 10.2 Å². The first-order valence-electron chi connectivity index (χ1n) is 4.78. The molecule has 0 saturated heterocycles. The Morgan fingerprint density at radius 2 is 1.33 bits per heavy atom. The Labute approximate surface area is 92.3 Å². The third kappa shape index (κ3) is 13.1. The van der Waals surface area contributed by atoms with Crippen molar-refractivity contribution in [3.8, 4) is 0 Å². The predicted octanol–water partition coefficient (Wildman–Crippen LogP) is 1.54. The van der Waals surface area contributed by atoms with Crippen LogP contribution in [-0.4, -0.2) is 37.6 Å². The molecule has 3 nitrogen and oxygen atoms in total. The molecule has 0 saturated carbocycles. The van der Waals surface area contributed by atoms with Crippen LogP contribution in [0, 0.1) is 13.8 Å². The molecule has 1 aromatic rings. The first kappa shape index (κ1) is 16.5. The fraction of sp³-hybridized carbons (Fsp3) is 0.500. The van der Waals surface area contributed by atoms with E-state index < -0.39 is 0 Å². The first-order chi connectivity index (χ1) is 7.20. The Bertz CT molecular complexity index is 184. The number of hydrogen-bond acceptors (Lipinski definition) is 3. The maximum Gasteiger partial charge on any atom is 0.0693 e. The second-order valence-electron chi connectivity index (χ2n) is 2.87. The zero-order valence-electron chi connectivity index (χ0n) is 10.0. The summed E-state index contributed by atoms with van der Waals surface area (Å²) in [6.45, 7) is 4.76. The van der Waals surface area contributed by atoms with Gasteiger partial charge in [0.05, 0.1) is 13.2 Å². The lowest BCUT2D eigenvalue weighted by Gasteiger charge is -1.90. The maximum absolute atomic E-state index is 7.94. The summed E-state index contributed by atoms with van der Waals surface area (Å²) in [6, 6.07) is 8.48. The zero-order valence-corrected chi connectivity index (χ0v) is 10.0. The van der Waals surface area contributed by atoms with Crippen molar-refractivity contribution in [1.29, 1.82) is 0 Å². The largest absolute Gasteiger partial charge is 0.400 e. The number of rotatable bonds is 2. The molecule has 3 heteroatoms. The zero-order chi connectivity index (χ0) is 12.1. The fourth-order valence-electron chi connectivity index (χ4n) is 0.728. The van der Waals surface area contributed by atoms with E-state index in [9.17, 15) is 0 Å². The normalized spacial score (nSPS) is 8.13. The number of methoxy groups -OCH3 is 1. The van der Waals surface area contributed by atoms with Crippen molar-refractivity contribution in [2.75, 3.05) is 27.4 Å². The topological polar surface area (TPSA) is 49.7 Å². The number of aryl methyl sites for hydroxylation is 2. The standard InChI is InChI=1S/C8H10.C3H8O2.CH4O/c1-7-3-5-8(2)6-4-7;1-5-3-2-4;1-2/h3-6H,1-2H3;4H,2-3H2,1H3;2H,1H3. The molecule has 2 N–H and O–H groups in total. The highest BCUT2D eigenvalue weighted by Crippen LogP contribution is 1.99. The molecule has 0 heterocycles. The summed E-state index contributed by atoms with van der Waals surface area (Å²) in [6.07, 6.45) is 0. The first-order valence-corrected chi connectivity index (χ1v) is 4.78. The van der Waals surface area contributed by atoms with Crippen LogP contribution in [0.25, 0.3) is 0 Å². The van der Waals surface area contributed by atoms with Crippen molar-refractivity contribution in [2.24, 2.45) is 0 Å². The van der Waals surface area contributed by atoms with E-state index in [1.807, 2.05) is 0 Å². The summed E-state index contributed by atoms with van der Waals surface area (Å²) >= 11 is 0. The molecule has 0 aliphatic rings. The summed E-state index contributed by atoms with van der Waals surface area (Å²) in [5.41, 5.74) is 2.66. The van der Waals surface area contributed by atoms with E-state index in [0.29, 0.717) is 6.61 Å². The van der Waals surface area contributed by atoms with E-state index in [2.05, 4.69) is 42.8 Å². The Morgan fingerprint density at radius 3 is 1.47 bits per heavy atom. The second-order valence-corrected chi connectivity index (χ2v) is 2.87. The van der Waals surface area contributed by atoms with Crippen molar-refractivity contribution in [3.05, 3.63) is 35.4 Å². The lowest BCUT2D eigenvalue weighted by atomic mass is 10.2. The molecule has 0 amide bonds. The molecule has 0 atom stereocenters. The summed E-state index contributed by atoms with van der Waals surface area (Å²) in [5, 5.41) is 14.9. The van der Waals surface area contributed by atoms with Gasteiger partial charge in [0.15, 0.2) is 0 Å². The van der Waals surface area contributed by atoms with E-state index in [0.717, 1.165) is 7.11 Å². The average molecular weight is 214 g/mol. The van der Waals surface area contributed by atoms with Gasteiger partial charge in [0.2, 0.25) is 0 Å². The average Bonchev–Trinajstić information content (AvgIpc) is 2.27. The molecule has 0 bridgehead atoms. The molecule has 88 valence electrons. The van der Waals surface area contributed by atoms with Crippen molar-refractivity contribution >= 4 is 0 Å². The molecular formula is C12H22O3. The van der Waals surface area contributed by atoms with Crippen LogP contribution in [0.3, 0.4) is 0 Å². The molecule has 0 aromatic heterocycles. The van der Waals surface area contributed by atoms with Gasteiger partial charge in [-0.2, -0.15) is 0 Å². The van der Waals surface area contributed by atoms with Crippen molar-refractivity contribution in [2.45, 2.75) is 13.8 Å². The smallest absolute Gasteiger partial charge is 0.0693 e. The minimum absolute atomic E-state index is 0.122. The number of ether oxygens (including phenoxy) is 1. The highest BCUT2D eigenvalue weighted by atomic mass is 16.5. The van der Waals surface area contributed by atoms with Gasteiger partial charge in [-0.25, -0.2) is 0 Å². The van der Waals surface area contributed by atoms with Gasteiger partial charge in [0.1, 0.15) is 0 Å². The third-order valence-corrected chi connectivity index (χ3v) is 1.51. The van der Waals surface area contributed by atoms with Gasteiger partial charge >= 0.3 is 0 Å². The predicted molar refractivity (Wildman–Crippen MR) is 63.0 cm³/mol. The summed E-state index contributed by atoms with van der Waals surface area (Å²) < 4.78 is 4.44. The van der Waals surface area contributed by atoms with Gasteiger partial charge in [-0.15, -0.1) is 0 Å². The Morgan fingerprint density at radius 1 is 1.00 bits per heavy atom. The maximum atomic E-state index is 7.94. The molecule has 0 spiro atoms. The molecule has 0 radical (unpaired) electrons. The quantitative estimate of drug-likeness (QED) is 0.785. The molecule has 0 aliphatic carbocycles. The van der Waals surface area contributed by atoms with Gasteiger partial charge in [-0.1, -0.05) is 35.4 Å². The van der Waals surface area contributed by atoms with E-state index >= 15 is 0 Å². The van der Waals surface area contributed by atoms with Crippen molar-refractivity contribution < 1.29 is 14.9 Å². The van der Waals surface area contributed by atoms with Crippen LogP contribution < -0.4 is 0 Å². The fourth-order valence-corrected chi connectivity index (χ4v) is 0.728. The Hall–Kier alpha value is -0.900. The lowest BCUT2D eigenvalue weighted by Crippen LogP contribution is -1.91. The lowest BCUT2D eigenvalue weighted by molar-refractivity contribution is 0.135. The molecule has 0 aliphatic heterocycles. The van der Waals surface area contributed by atoms with Crippen LogP contribution >= 0.6 is 0 Å². The number of hydrogen-bond donors (Lipinski definition) is 2. The second kappa shape index (κ2) is 13.1. The highest BCUT2D eigenvalue weighted by Gasteiger charge is 1.79. The highest BCUT2D eigenvalue weighted by molar-refractivity contribution is 5.19. The van der Waals surface area contributed by atoms with Crippen LogP contribution in [0.2, 0.25) is 0 Å². The summed E-state index contributed by atoms with van der Waals surface area (Å²) in [5.74, 6) is 0. The van der Waals surface area contributed by atoms with E-state index in [1.54, 1.807) is 7.11 Å². The molecule has 0 fully saturated rings. The van der Waals surface area contributed by atoms with Crippen molar-refractivity contribution in [1.82, 2.24) is 0 Å². The van der Waals surface area contributed by atoms with Gasteiger partial charge in [0, 0.05) is 14.2 Å². The van der Waals surface area contributed by atoms with E-state index in [1.165, 1.54) is 11.1 Å².